The zero-order valence-corrected chi connectivity index (χ0v) is 8.60. The number of rotatable bonds is 3. The fourth-order valence-corrected chi connectivity index (χ4v) is 1.56. The zero-order chi connectivity index (χ0) is 10.7. The Hall–Kier alpha value is -1.42. The number of phenols is 1. The van der Waals surface area contributed by atoms with Gasteiger partial charge >= 0.3 is 0 Å². The van der Waals surface area contributed by atoms with E-state index in [2.05, 4.69) is 0 Å². The first kappa shape index (κ1) is 10.1. The largest absolute Gasteiger partial charge is 0.504 e. The van der Waals surface area contributed by atoms with Crippen molar-refractivity contribution in [2.45, 2.75) is 12.5 Å². The van der Waals surface area contributed by atoms with E-state index < -0.39 is 0 Å². The molecule has 1 heterocycles. The Morgan fingerprint density at radius 1 is 1.47 bits per heavy atom. The molecule has 1 saturated heterocycles. The second-order valence-corrected chi connectivity index (χ2v) is 3.41. The molecule has 1 aliphatic heterocycles. The molecule has 1 unspecified atom stereocenters. The Balaban J connectivity index is 2.17. The molecule has 15 heavy (non-hydrogen) atoms. The Morgan fingerprint density at radius 3 is 3.00 bits per heavy atom. The minimum Gasteiger partial charge on any atom is -0.504 e. The lowest BCUT2D eigenvalue weighted by Gasteiger charge is -2.15. The van der Waals surface area contributed by atoms with E-state index in [1.54, 1.807) is 25.3 Å². The highest BCUT2D eigenvalue weighted by atomic mass is 16.6. The SMILES string of the molecule is COc1cccc(O)c1OC1CCOC1. The number of aromatic hydroxyl groups is 1. The lowest BCUT2D eigenvalue weighted by molar-refractivity contribution is 0.136. The molecule has 4 heteroatoms. The van der Waals surface area contributed by atoms with Gasteiger partial charge in [-0.05, 0) is 12.1 Å². The first-order valence-corrected chi connectivity index (χ1v) is 4.91. The topological polar surface area (TPSA) is 47.9 Å². The molecule has 1 atom stereocenters. The van der Waals surface area contributed by atoms with E-state index in [-0.39, 0.29) is 11.9 Å². The van der Waals surface area contributed by atoms with E-state index in [1.165, 1.54) is 0 Å². The van der Waals surface area contributed by atoms with Crippen molar-refractivity contribution in [3.8, 4) is 17.2 Å². The molecule has 0 bridgehead atoms. The number of hydrogen-bond donors (Lipinski definition) is 1. The molecule has 1 aromatic rings. The second kappa shape index (κ2) is 4.40. The van der Waals surface area contributed by atoms with Gasteiger partial charge in [0.15, 0.2) is 11.5 Å². The zero-order valence-electron chi connectivity index (χ0n) is 8.60. The van der Waals surface area contributed by atoms with Crippen LogP contribution in [0.2, 0.25) is 0 Å². The molecule has 82 valence electrons. The molecule has 0 amide bonds. The van der Waals surface area contributed by atoms with Crippen LogP contribution in [0.3, 0.4) is 0 Å². The summed E-state index contributed by atoms with van der Waals surface area (Å²) in [4.78, 5) is 0. The summed E-state index contributed by atoms with van der Waals surface area (Å²) in [6.45, 7) is 1.28. The Kier molecular flexibility index (Phi) is 2.97. The van der Waals surface area contributed by atoms with Gasteiger partial charge in [-0.1, -0.05) is 6.07 Å². The van der Waals surface area contributed by atoms with Crippen LogP contribution in [0.25, 0.3) is 0 Å². The number of phenolic OH excluding ortho intramolecular Hbond substituents is 1. The maximum Gasteiger partial charge on any atom is 0.203 e. The summed E-state index contributed by atoms with van der Waals surface area (Å²) in [6.07, 6.45) is 0.851. The maximum atomic E-state index is 9.64. The van der Waals surface area contributed by atoms with Crippen molar-refractivity contribution in [2.24, 2.45) is 0 Å². The van der Waals surface area contributed by atoms with Crippen LogP contribution in [0.4, 0.5) is 0 Å². The van der Waals surface area contributed by atoms with Gasteiger partial charge in [0.25, 0.3) is 0 Å². The predicted octanol–water partition coefficient (Wildman–Crippen LogP) is 1.57. The van der Waals surface area contributed by atoms with Crippen molar-refractivity contribution in [1.82, 2.24) is 0 Å². The third-order valence-corrected chi connectivity index (χ3v) is 2.35. The Labute approximate surface area is 88.4 Å². The summed E-state index contributed by atoms with van der Waals surface area (Å²) in [7, 11) is 1.55. The maximum absolute atomic E-state index is 9.64. The molecule has 1 fully saturated rings. The smallest absolute Gasteiger partial charge is 0.203 e. The standard InChI is InChI=1S/C11H14O4/c1-13-10-4-2-3-9(12)11(10)15-8-5-6-14-7-8/h2-4,8,12H,5-7H2,1H3. The summed E-state index contributed by atoms with van der Waals surface area (Å²) in [5.74, 6) is 1.04. The lowest BCUT2D eigenvalue weighted by Crippen LogP contribution is -2.16. The monoisotopic (exact) mass is 210 g/mol. The highest BCUT2D eigenvalue weighted by Crippen LogP contribution is 2.37. The Bertz CT molecular complexity index is 331. The van der Waals surface area contributed by atoms with Crippen molar-refractivity contribution in [1.29, 1.82) is 0 Å². The summed E-state index contributed by atoms with van der Waals surface area (Å²) in [5, 5.41) is 9.64. The van der Waals surface area contributed by atoms with Gasteiger partial charge in [0.1, 0.15) is 6.10 Å². The van der Waals surface area contributed by atoms with Crippen LogP contribution in [0.1, 0.15) is 6.42 Å². The molecular formula is C11H14O4. The van der Waals surface area contributed by atoms with Crippen molar-refractivity contribution in [2.75, 3.05) is 20.3 Å². The van der Waals surface area contributed by atoms with Gasteiger partial charge in [0, 0.05) is 6.42 Å². The molecule has 0 aliphatic carbocycles. The van der Waals surface area contributed by atoms with E-state index in [9.17, 15) is 5.11 Å². The van der Waals surface area contributed by atoms with Gasteiger partial charge in [-0.3, -0.25) is 0 Å². The molecule has 0 spiro atoms. The summed E-state index contributed by atoms with van der Waals surface area (Å²) < 4.78 is 15.9. The number of methoxy groups -OCH3 is 1. The molecule has 0 aromatic heterocycles. The first-order valence-electron chi connectivity index (χ1n) is 4.91. The molecule has 4 nitrogen and oxygen atoms in total. The molecule has 1 aromatic carbocycles. The van der Waals surface area contributed by atoms with Gasteiger partial charge in [-0.2, -0.15) is 0 Å². The van der Waals surface area contributed by atoms with E-state index in [0.29, 0.717) is 24.7 Å². The third-order valence-electron chi connectivity index (χ3n) is 2.35. The van der Waals surface area contributed by atoms with Gasteiger partial charge in [-0.15, -0.1) is 0 Å². The molecule has 0 radical (unpaired) electrons. The van der Waals surface area contributed by atoms with E-state index in [1.807, 2.05) is 0 Å². The van der Waals surface area contributed by atoms with Gasteiger partial charge < -0.3 is 19.3 Å². The van der Waals surface area contributed by atoms with Crippen molar-refractivity contribution in [3.05, 3.63) is 18.2 Å². The van der Waals surface area contributed by atoms with E-state index in [4.69, 9.17) is 14.2 Å². The third kappa shape index (κ3) is 2.15. The average molecular weight is 210 g/mol. The van der Waals surface area contributed by atoms with Crippen LogP contribution >= 0.6 is 0 Å². The molecule has 1 N–H and O–H groups in total. The van der Waals surface area contributed by atoms with Crippen molar-refractivity contribution >= 4 is 0 Å². The lowest BCUT2D eigenvalue weighted by atomic mass is 10.2. The molecular weight excluding hydrogens is 196 g/mol. The Morgan fingerprint density at radius 2 is 2.33 bits per heavy atom. The average Bonchev–Trinajstić information content (AvgIpc) is 2.74. The van der Waals surface area contributed by atoms with E-state index >= 15 is 0 Å². The van der Waals surface area contributed by atoms with Crippen LogP contribution in [0.15, 0.2) is 18.2 Å². The fourth-order valence-electron chi connectivity index (χ4n) is 1.56. The first-order chi connectivity index (χ1) is 7.31. The van der Waals surface area contributed by atoms with Gasteiger partial charge in [0.2, 0.25) is 5.75 Å². The van der Waals surface area contributed by atoms with Crippen LogP contribution in [0, 0.1) is 0 Å². The fraction of sp³-hybridized carbons (Fsp3) is 0.455. The molecule has 2 rings (SSSR count). The van der Waals surface area contributed by atoms with E-state index in [0.717, 1.165) is 6.42 Å². The van der Waals surface area contributed by atoms with Crippen LogP contribution in [0.5, 0.6) is 17.2 Å². The molecule has 0 saturated carbocycles. The van der Waals surface area contributed by atoms with Crippen LogP contribution in [-0.4, -0.2) is 31.5 Å². The highest BCUT2D eigenvalue weighted by molar-refractivity contribution is 5.50. The normalized spacial score (nSPS) is 20.2. The van der Waals surface area contributed by atoms with Crippen LogP contribution in [-0.2, 0) is 4.74 Å². The summed E-state index contributed by atoms with van der Waals surface area (Å²) >= 11 is 0. The van der Waals surface area contributed by atoms with Gasteiger partial charge in [0.05, 0.1) is 20.3 Å². The number of ether oxygens (including phenoxy) is 3. The highest BCUT2D eigenvalue weighted by Gasteiger charge is 2.20. The number of benzene rings is 1. The quantitative estimate of drug-likeness (QED) is 0.822. The van der Waals surface area contributed by atoms with Crippen LogP contribution < -0.4 is 9.47 Å². The second-order valence-electron chi connectivity index (χ2n) is 3.41. The van der Waals surface area contributed by atoms with Gasteiger partial charge in [-0.25, -0.2) is 0 Å². The molecule has 1 aliphatic rings. The van der Waals surface area contributed by atoms with Crippen molar-refractivity contribution in [3.63, 3.8) is 0 Å². The predicted molar refractivity (Wildman–Crippen MR) is 54.5 cm³/mol. The van der Waals surface area contributed by atoms with Crippen molar-refractivity contribution < 1.29 is 19.3 Å². The number of para-hydroxylation sites is 1. The minimum absolute atomic E-state index is 0.00667. The number of hydrogen-bond acceptors (Lipinski definition) is 4. The summed E-state index contributed by atoms with van der Waals surface area (Å²) in [6, 6.07) is 5.05. The minimum atomic E-state index is 0.00667. The summed E-state index contributed by atoms with van der Waals surface area (Å²) in [5.41, 5.74) is 0.